The van der Waals surface area contributed by atoms with E-state index in [4.69, 9.17) is 0 Å². The molecule has 0 fully saturated rings. The van der Waals surface area contributed by atoms with Gasteiger partial charge in [0.1, 0.15) is 10.7 Å². The van der Waals surface area contributed by atoms with E-state index in [9.17, 15) is 9.59 Å². The van der Waals surface area contributed by atoms with E-state index < -0.39 is 5.97 Å². The minimum atomic E-state index is -0.428. The number of ether oxygens (including phenoxy) is 1. The number of esters is 1. The third-order valence-electron chi connectivity index (χ3n) is 4.11. The van der Waals surface area contributed by atoms with E-state index in [2.05, 4.69) is 20.0 Å². The first kappa shape index (κ1) is 17.8. The Morgan fingerprint density at radius 1 is 1.00 bits per heavy atom. The summed E-state index contributed by atoms with van der Waals surface area (Å²) in [5.74, 6) is -0.726. The minimum absolute atomic E-state index is 0.298. The van der Waals surface area contributed by atoms with E-state index in [1.165, 1.54) is 18.4 Å². The SMILES string of the molecule is COC(=O)c1ccc(NC(=O)c2cccnc2-c2nc3ccccc3s2)cc1. The van der Waals surface area contributed by atoms with Crippen molar-refractivity contribution in [3.63, 3.8) is 0 Å². The molecule has 0 aliphatic rings. The molecule has 0 radical (unpaired) electrons. The van der Waals surface area contributed by atoms with Gasteiger partial charge in [-0.25, -0.2) is 9.78 Å². The van der Waals surface area contributed by atoms with Gasteiger partial charge in [0.2, 0.25) is 0 Å². The molecule has 28 heavy (non-hydrogen) atoms. The van der Waals surface area contributed by atoms with Crippen LogP contribution in [0.1, 0.15) is 20.7 Å². The van der Waals surface area contributed by atoms with E-state index in [0.717, 1.165) is 10.2 Å². The van der Waals surface area contributed by atoms with E-state index >= 15 is 0 Å². The molecule has 6 nitrogen and oxygen atoms in total. The molecule has 2 heterocycles. The summed E-state index contributed by atoms with van der Waals surface area (Å²) in [6, 6.07) is 17.7. The van der Waals surface area contributed by atoms with E-state index in [1.807, 2.05) is 24.3 Å². The van der Waals surface area contributed by atoms with Gasteiger partial charge in [-0.1, -0.05) is 12.1 Å². The van der Waals surface area contributed by atoms with Gasteiger partial charge in [-0.3, -0.25) is 9.78 Å². The zero-order valence-electron chi connectivity index (χ0n) is 14.9. The predicted molar refractivity (Wildman–Crippen MR) is 109 cm³/mol. The number of amides is 1. The molecule has 4 aromatic rings. The van der Waals surface area contributed by atoms with Gasteiger partial charge >= 0.3 is 5.97 Å². The highest BCUT2D eigenvalue weighted by atomic mass is 32.1. The summed E-state index contributed by atoms with van der Waals surface area (Å²) in [5.41, 5.74) is 2.82. The number of anilines is 1. The first-order chi connectivity index (χ1) is 13.7. The van der Waals surface area contributed by atoms with Crippen LogP contribution in [0.5, 0.6) is 0 Å². The van der Waals surface area contributed by atoms with Crippen LogP contribution in [0.15, 0.2) is 66.9 Å². The molecular formula is C21H15N3O3S. The Morgan fingerprint density at radius 3 is 2.54 bits per heavy atom. The van der Waals surface area contributed by atoms with Gasteiger partial charge in [-0.2, -0.15) is 0 Å². The quantitative estimate of drug-likeness (QED) is 0.523. The highest BCUT2D eigenvalue weighted by Gasteiger charge is 2.17. The Labute approximate surface area is 164 Å². The maximum absolute atomic E-state index is 12.8. The number of methoxy groups -OCH3 is 1. The molecule has 0 unspecified atom stereocenters. The molecule has 138 valence electrons. The number of thiazole rings is 1. The first-order valence-corrected chi connectivity index (χ1v) is 9.28. The summed E-state index contributed by atoms with van der Waals surface area (Å²) >= 11 is 1.49. The van der Waals surface area contributed by atoms with Crippen LogP contribution < -0.4 is 5.32 Å². The lowest BCUT2D eigenvalue weighted by molar-refractivity contribution is 0.0600. The molecule has 7 heteroatoms. The van der Waals surface area contributed by atoms with Crippen LogP contribution in [0.25, 0.3) is 20.9 Å². The Morgan fingerprint density at radius 2 is 1.79 bits per heavy atom. The molecule has 0 aliphatic carbocycles. The number of aromatic nitrogens is 2. The zero-order chi connectivity index (χ0) is 19.5. The van der Waals surface area contributed by atoms with Crippen LogP contribution in [0.4, 0.5) is 5.69 Å². The number of nitrogens with one attached hydrogen (secondary N) is 1. The molecule has 0 spiro atoms. The maximum Gasteiger partial charge on any atom is 0.337 e. The molecule has 2 aromatic heterocycles. The number of pyridine rings is 1. The standard InChI is InChI=1S/C21H15N3O3S/c1-27-21(26)13-8-10-14(11-9-13)23-19(25)15-5-4-12-22-18(15)20-24-16-6-2-3-7-17(16)28-20/h2-12H,1H3,(H,23,25). The Hall–Kier alpha value is -3.58. The van der Waals surface area contributed by atoms with Crippen LogP contribution in [-0.2, 0) is 4.74 Å². The number of rotatable bonds is 4. The van der Waals surface area contributed by atoms with Gasteiger partial charge in [-0.15, -0.1) is 11.3 Å². The summed E-state index contributed by atoms with van der Waals surface area (Å²) in [4.78, 5) is 33.3. The number of hydrogen-bond acceptors (Lipinski definition) is 6. The van der Waals surface area contributed by atoms with Crippen molar-refractivity contribution in [3.05, 3.63) is 78.0 Å². The van der Waals surface area contributed by atoms with Crippen molar-refractivity contribution in [1.82, 2.24) is 9.97 Å². The molecule has 0 saturated carbocycles. The van der Waals surface area contributed by atoms with Gasteiger partial charge in [0.15, 0.2) is 0 Å². The second kappa shape index (κ2) is 7.58. The highest BCUT2D eigenvalue weighted by molar-refractivity contribution is 7.21. The van der Waals surface area contributed by atoms with Crippen LogP contribution >= 0.6 is 11.3 Å². The number of fused-ring (bicyclic) bond motifs is 1. The third kappa shape index (κ3) is 3.47. The number of nitrogens with zero attached hydrogens (tertiary/aromatic N) is 2. The molecule has 4 rings (SSSR count). The van der Waals surface area contributed by atoms with Crippen molar-refractivity contribution < 1.29 is 14.3 Å². The van der Waals surface area contributed by atoms with Gasteiger partial charge in [0.05, 0.1) is 28.5 Å². The highest BCUT2D eigenvalue weighted by Crippen LogP contribution is 2.31. The van der Waals surface area contributed by atoms with E-state index in [1.54, 1.807) is 42.6 Å². The number of carbonyl (C=O) groups is 2. The molecule has 2 aromatic carbocycles. The summed E-state index contributed by atoms with van der Waals surface area (Å²) in [5, 5.41) is 3.52. The van der Waals surface area contributed by atoms with Crippen LogP contribution in [0.3, 0.4) is 0 Å². The fourth-order valence-corrected chi connectivity index (χ4v) is 3.71. The zero-order valence-corrected chi connectivity index (χ0v) is 15.7. The topological polar surface area (TPSA) is 81.2 Å². The smallest absolute Gasteiger partial charge is 0.337 e. The molecule has 0 aliphatic heterocycles. The maximum atomic E-state index is 12.8. The average molecular weight is 389 g/mol. The number of benzene rings is 2. The first-order valence-electron chi connectivity index (χ1n) is 8.46. The fourth-order valence-electron chi connectivity index (χ4n) is 2.74. The Bertz CT molecular complexity index is 1140. The van der Waals surface area contributed by atoms with Gasteiger partial charge < -0.3 is 10.1 Å². The minimum Gasteiger partial charge on any atom is -0.465 e. The third-order valence-corrected chi connectivity index (χ3v) is 5.16. The normalized spacial score (nSPS) is 10.6. The second-order valence-corrected chi connectivity index (χ2v) is 6.94. The van der Waals surface area contributed by atoms with Crippen molar-refractivity contribution in [3.8, 4) is 10.7 Å². The molecule has 0 bridgehead atoms. The van der Waals surface area contributed by atoms with E-state index in [0.29, 0.717) is 27.5 Å². The van der Waals surface area contributed by atoms with Crippen LogP contribution in [0.2, 0.25) is 0 Å². The van der Waals surface area contributed by atoms with Crippen molar-refractivity contribution >= 4 is 39.1 Å². The molecule has 0 atom stereocenters. The second-order valence-electron chi connectivity index (χ2n) is 5.91. The van der Waals surface area contributed by atoms with Crippen molar-refractivity contribution in [2.45, 2.75) is 0 Å². The average Bonchev–Trinajstić information content (AvgIpc) is 3.18. The largest absolute Gasteiger partial charge is 0.465 e. The summed E-state index contributed by atoms with van der Waals surface area (Å²) in [7, 11) is 1.32. The van der Waals surface area contributed by atoms with Gasteiger partial charge in [-0.05, 0) is 48.5 Å². The Balaban J connectivity index is 1.62. The summed E-state index contributed by atoms with van der Waals surface area (Å²) < 4.78 is 5.71. The lowest BCUT2D eigenvalue weighted by atomic mass is 10.1. The molecule has 1 amide bonds. The number of hydrogen-bond donors (Lipinski definition) is 1. The fraction of sp³-hybridized carbons (Fsp3) is 0.0476. The van der Waals surface area contributed by atoms with Crippen LogP contribution in [-0.4, -0.2) is 29.0 Å². The van der Waals surface area contributed by atoms with Gasteiger partial charge in [0, 0.05) is 11.9 Å². The monoisotopic (exact) mass is 389 g/mol. The van der Waals surface area contributed by atoms with Crippen molar-refractivity contribution in [2.24, 2.45) is 0 Å². The molecule has 0 saturated heterocycles. The number of carbonyl (C=O) groups excluding carboxylic acids is 2. The summed E-state index contributed by atoms with van der Waals surface area (Å²) in [6.45, 7) is 0. The predicted octanol–water partition coefficient (Wildman–Crippen LogP) is 4.40. The number of para-hydroxylation sites is 1. The lowest BCUT2D eigenvalue weighted by Gasteiger charge is -2.08. The van der Waals surface area contributed by atoms with Crippen molar-refractivity contribution in [2.75, 3.05) is 12.4 Å². The lowest BCUT2D eigenvalue weighted by Crippen LogP contribution is -2.14. The van der Waals surface area contributed by atoms with Crippen LogP contribution in [0, 0.1) is 0 Å². The molecular weight excluding hydrogens is 374 g/mol. The van der Waals surface area contributed by atoms with E-state index in [-0.39, 0.29) is 5.91 Å². The van der Waals surface area contributed by atoms with Gasteiger partial charge in [0.25, 0.3) is 5.91 Å². The van der Waals surface area contributed by atoms with Crippen molar-refractivity contribution in [1.29, 1.82) is 0 Å². The molecule has 1 N–H and O–H groups in total. The Kier molecular flexibility index (Phi) is 4.82. The summed E-state index contributed by atoms with van der Waals surface area (Å²) in [6.07, 6.45) is 1.64.